The number of hydrogen-bond donors (Lipinski definition) is 1. The molecule has 0 aliphatic rings. The van der Waals surface area contributed by atoms with Crippen LogP contribution in [0.15, 0.2) is 24.3 Å². The number of unbranched alkanes of at least 4 members (excludes halogenated alkanes) is 43. The first-order chi connectivity index (χ1) is 36.9. The molecule has 0 aliphatic heterocycles. The van der Waals surface area contributed by atoms with E-state index < -0.39 is 20.0 Å². The maximum Gasteiger partial charge on any atom is 0.306 e. The van der Waals surface area contributed by atoms with Crippen LogP contribution in [0, 0.1) is 0 Å². The number of carbonyl (C=O) groups excluding carboxylic acids is 2. The molecule has 0 bridgehead atoms. The standard InChI is InChI=1S/C66H129N2O7P/c1-7-10-13-16-19-22-25-28-29-30-31-32-33-34-35-36-37-38-39-41-44-47-50-53-56-59-66(70)75-64(57-54-51-48-45-42-27-24-21-18-15-12-9-3)63(62-74-76(71,72)73-61-60-68(4,5)6)67-65(69)58-55-52-49-46-43-40-26-23-20-17-14-11-8-2/h40,43,54,57,63-64H,7-39,41-42,44-53,55-56,58-62H2,1-6H3,(H-,67,69,71,72)/b43-40-,57-54-. The van der Waals surface area contributed by atoms with E-state index in [2.05, 4.69) is 38.2 Å². The van der Waals surface area contributed by atoms with Crippen LogP contribution in [-0.2, 0) is 27.9 Å². The number of phosphoric acid groups is 1. The Labute approximate surface area is 473 Å². The number of hydrogen-bond acceptors (Lipinski definition) is 7. The van der Waals surface area contributed by atoms with Gasteiger partial charge in [0.2, 0.25) is 5.91 Å². The van der Waals surface area contributed by atoms with Crippen molar-refractivity contribution in [3.8, 4) is 0 Å². The second-order valence-corrected chi connectivity index (χ2v) is 25.4. The molecule has 3 atom stereocenters. The van der Waals surface area contributed by atoms with Crippen molar-refractivity contribution >= 4 is 19.7 Å². The summed E-state index contributed by atoms with van der Waals surface area (Å²) in [6, 6.07) is -0.890. The van der Waals surface area contributed by atoms with Crippen LogP contribution in [0.1, 0.15) is 335 Å². The predicted molar refractivity (Wildman–Crippen MR) is 326 cm³/mol. The van der Waals surface area contributed by atoms with E-state index in [4.69, 9.17) is 13.8 Å². The Morgan fingerprint density at radius 3 is 1.13 bits per heavy atom. The summed E-state index contributed by atoms with van der Waals surface area (Å²) in [6.45, 7) is 6.87. The van der Waals surface area contributed by atoms with Gasteiger partial charge in [0.1, 0.15) is 19.3 Å². The van der Waals surface area contributed by atoms with Crippen LogP contribution >= 0.6 is 7.82 Å². The van der Waals surface area contributed by atoms with Crippen molar-refractivity contribution in [2.75, 3.05) is 40.9 Å². The number of nitrogens with zero attached hydrogens (tertiary/aromatic N) is 1. The number of esters is 1. The van der Waals surface area contributed by atoms with Crippen LogP contribution in [0.3, 0.4) is 0 Å². The van der Waals surface area contributed by atoms with Crippen LogP contribution in [-0.4, -0.2) is 69.4 Å². The van der Waals surface area contributed by atoms with E-state index in [0.717, 1.165) is 70.6 Å². The number of rotatable bonds is 61. The molecule has 0 fully saturated rings. The highest BCUT2D eigenvalue weighted by atomic mass is 31.2. The lowest BCUT2D eigenvalue weighted by Gasteiger charge is -2.30. The number of quaternary nitrogens is 1. The number of amides is 1. The second-order valence-electron chi connectivity index (χ2n) is 24.0. The van der Waals surface area contributed by atoms with Gasteiger partial charge in [0.25, 0.3) is 7.82 Å². The average Bonchev–Trinajstić information content (AvgIpc) is 3.38. The number of allylic oxidation sites excluding steroid dienone is 3. The lowest BCUT2D eigenvalue weighted by Crippen LogP contribution is -2.47. The summed E-state index contributed by atoms with van der Waals surface area (Å²) in [6.07, 6.45) is 67.4. The molecule has 0 aromatic rings. The minimum Gasteiger partial charge on any atom is -0.756 e. The first-order valence-electron chi connectivity index (χ1n) is 33.1. The molecule has 0 saturated heterocycles. The summed E-state index contributed by atoms with van der Waals surface area (Å²) in [5, 5.41) is 3.02. The second kappa shape index (κ2) is 56.8. The van der Waals surface area contributed by atoms with Gasteiger partial charge in [0, 0.05) is 12.8 Å². The summed E-state index contributed by atoms with van der Waals surface area (Å²) in [5.74, 6) is -0.542. The van der Waals surface area contributed by atoms with E-state index in [1.54, 1.807) is 0 Å². The Morgan fingerprint density at radius 1 is 0.447 bits per heavy atom. The molecule has 0 aromatic heterocycles. The lowest BCUT2D eigenvalue weighted by molar-refractivity contribution is -0.870. The molecule has 0 rings (SSSR count). The van der Waals surface area contributed by atoms with Crippen molar-refractivity contribution in [1.82, 2.24) is 5.32 Å². The van der Waals surface area contributed by atoms with Gasteiger partial charge in [-0.25, -0.2) is 0 Å². The van der Waals surface area contributed by atoms with Gasteiger partial charge in [-0.15, -0.1) is 0 Å². The van der Waals surface area contributed by atoms with Gasteiger partial charge in [-0.05, 0) is 57.4 Å². The van der Waals surface area contributed by atoms with Crippen molar-refractivity contribution < 1.29 is 37.3 Å². The van der Waals surface area contributed by atoms with Crippen molar-refractivity contribution in [2.45, 2.75) is 348 Å². The number of likely N-dealkylation sites (N-methyl/N-ethyl adjacent to an activating group) is 1. The van der Waals surface area contributed by atoms with Crippen LogP contribution in [0.25, 0.3) is 0 Å². The molecule has 9 nitrogen and oxygen atoms in total. The Hall–Kier alpha value is -1.51. The van der Waals surface area contributed by atoms with Crippen molar-refractivity contribution in [1.29, 1.82) is 0 Å². The monoisotopic (exact) mass is 1090 g/mol. The molecule has 0 saturated carbocycles. The molecule has 10 heteroatoms. The van der Waals surface area contributed by atoms with Crippen molar-refractivity contribution in [3.05, 3.63) is 24.3 Å². The van der Waals surface area contributed by atoms with E-state index in [1.807, 2.05) is 33.3 Å². The van der Waals surface area contributed by atoms with Gasteiger partial charge in [-0.2, -0.15) is 0 Å². The zero-order chi connectivity index (χ0) is 55.7. The molecule has 1 amide bonds. The third-order valence-electron chi connectivity index (χ3n) is 15.1. The zero-order valence-corrected chi connectivity index (χ0v) is 52.4. The minimum absolute atomic E-state index is 0.0215. The molecule has 0 radical (unpaired) electrons. The SMILES string of the molecule is CCCCCCCC/C=C\CCCCCC(=O)NC(COP(=O)([O-])OCC[N+](C)(C)C)C(/C=C\CCCCCCCCCCCC)OC(=O)CCCCCCCCCCCCCCCCCCCCCCCCCCC. The van der Waals surface area contributed by atoms with E-state index in [-0.39, 0.29) is 31.5 Å². The number of nitrogens with one attached hydrogen (secondary N) is 1. The number of carbonyl (C=O) groups is 2. The molecular weight excluding hydrogens is 964 g/mol. The molecule has 450 valence electrons. The predicted octanol–water partition coefficient (Wildman–Crippen LogP) is 19.9. The Morgan fingerprint density at radius 2 is 0.763 bits per heavy atom. The zero-order valence-electron chi connectivity index (χ0n) is 51.5. The van der Waals surface area contributed by atoms with Crippen molar-refractivity contribution in [2.24, 2.45) is 0 Å². The summed E-state index contributed by atoms with van der Waals surface area (Å²) >= 11 is 0. The van der Waals surface area contributed by atoms with E-state index in [1.165, 1.54) is 231 Å². The van der Waals surface area contributed by atoms with Gasteiger partial charge < -0.3 is 28.5 Å². The fourth-order valence-corrected chi connectivity index (χ4v) is 10.7. The van der Waals surface area contributed by atoms with Gasteiger partial charge in [0.05, 0.1) is 33.8 Å². The maximum absolute atomic E-state index is 13.5. The largest absolute Gasteiger partial charge is 0.756 e. The van der Waals surface area contributed by atoms with Gasteiger partial charge in [-0.1, -0.05) is 289 Å². The topological polar surface area (TPSA) is 114 Å². The van der Waals surface area contributed by atoms with Crippen molar-refractivity contribution in [3.63, 3.8) is 0 Å². The third kappa shape index (κ3) is 57.2. The fourth-order valence-electron chi connectivity index (χ4n) is 9.99. The van der Waals surface area contributed by atoms with Crippen LogP contribution in [0.2, 0.25) is 0 Å². The molecule has 0 heterocycles. The molecule has 0 aromatic carbocycles. The van der Waals surface area contributed by atoms with E-state index in [0.29, 0.717) is 17.4 Å². The Balaban J connectivity index is 5.03. The highest BCUT2D eigenvalue weighted by molar-refractivity contribution is 7.45. The normalized spacial score (nSPS) is 13.7. The molecule has 0 aliphatic carbocycles. The third-order valence-corrected chi connectivity index (χ3v) is 16.1. The van der Waals surface area contributed by atoms with E-state index in [9.17, 15) is 19.0 Å². The summed E-state index contributed by atoms with van der Waals surface area (Å²) < 4.78 is 30.3. The Bertz CT molecular complexity index is 1350. The molecule has 3 unspecified atom stereocenters. The highest BCUT2D eigenvalue weighted by Crippen LogP contribution is 2.38. The van der Waals surface area contributed by atoms with Gasteiger partial charge in [0.15, 0.2) is 0 Å². The first kappa shape index (κ1) is 74.5. The highest BCUT2D eigenvalue weighted by Gasteiger charge is 2.27. The van der Waals surface area contributed by atoms with Crippen LogP contribution in [0.4, 0.5) is 0 Å². The molecular formula is C66H129N2O7P. The minimum atomic E-state index is -4.70. The first-order valence-corrected chi connectivity index (χ1v) is 34.6. The van der Waals surface area contributed by atoms with Crippen LogP contribution < -0.4 is 10.2 Å². The summed E-state index contributed by atoms with van der Waals surface area (Å²) in [7, 11) is 1.19. The summed E-state index contributed by atoms with van der Waals surface area (Å²) in [5.41, 5.74) is 0. The number of ether oxygens (including phenoxy) is 1. The van der Waals surface area contributed by atoms with Crippen LogP contribution in [0.5, 0.6) is 0 Å². The average molecular weight is 1090 g/mol. The van der Waals surface area contributed by atoms with Gasteiger partial charge in [-0.3, -0.25) is 14.2 Å². The fraction of sp³-hybridized carbons (Fsp3) is 0.909. The van der Waals surface area contributed by atoms with E-state index >= 15 is 0 Å². The molecule has 76 heavy (non-hydrogen) atoms. The molecule has 1 N–H and O–H groups in total. The molecule has 0 spiro atoms. The smallest absolute Gasteiger partial charge is 0.306 e. The van der Waals surface area contributed by atoms with Gasteiger partial charge >= 0.3 is 5.97 Å². The number of phosphoric ester groups is 1. The quantitative estimate of drug-likeness (QED) is 0.0212. The lowest BCUT2D eigenvalue weighted by atomic mass is 10.0. The Kier molecular flexibility index (Phi) is 55.6. The maximum atomic E-state index is 13.5. The summed E-state index contributed by atoms with van der Waals surface area (Å²) in [4.78, 5) is 40.0.